The molecule has 0 N–H and O–H groups in total. The molecule has 1 aliphatic carbocycles. The van der Waals surface area contributed by atoms with Crippen molar-refractivity contribution in [3.8, 4) is 0 Å². The SMILES string of the molecule is Cc1cc2c([se]1)=CCC=C([N+](=O)[O-])C=2. The zero-order valence-electron chi connectivity index (χ0n) is 7.69. The van der Waals surface area contributed by atoms with E-state index in [-0.39, 0.29) is 10.6 Å². The van der Waals surface area contributed by atoms with Crippen LogP contribution in [0.2, 0.25) is 0 Å². The Hall–Kier alpha value is -1.12. The van der Waals surface area contributed by atoms with Gasteiger partial charge in [-0.15, -0.1) is 0 Å². The van der Waals surface area contributed by atoms with Gasteiger partial charge in [0.25, 0.3) is 0 Å². The topological polar surface area (TPSA) is 43.1 Å². The molecule has 72 valence electrons. The molecule has 0 aliphatic heterocycles. The van der Waals surface area contributed by atoms with Gasteiger partial charge in [0.05, 0.1) is 0 Å². The van der Waals surface area contributed by atoms with Gasteiger partial charge < -0.3 is 0 Å². The van der Waals surface area contributed by atoms with Gasteiger partial charge in [-0.05, 0) is 0 Å². The first-order valence-electron chi connectivity index (χ1n) is 4.30. The summed E-state index contributed by atoms with van der Waals surface area (Å²) < 4.78 is 2.61. The number of nitro groups is 1. The first-order chi connectivity index (χ1) is 6.66. The van der Waals surface area contributed by atoms with Crippen LogP contribution >= 0.6 is 0 Å². The Morgan fingerprint density at radius 3 is 3.00 bits per heavy atom. The molecule has 3 nitrogen and oxygen atoms in total. The number of hydrogen-bond acceptors (Lipinski definition) is 2. The van der Waals surface area contributed by atoms with E-state index in [0.717, 1.165) is 5.22 Å². The van der Waals surface area contributed by atoms with Crippen LogP contribution < -0.4 is 9.31 Å². The van der Waals surface area contributed by atoms with E-state index in [1.807, 2.05) is 0 Å². The molecule has 0 amide bonds. The number of aryl methyl sites for hydroxylation is 1. The molecule has 14 heavy (non-hydrogen) atoms. The molecule has 0 unspecified atom stereocenters. The summed E-state index contributed by atoms with van der Waals surface area (Å²) in [6, 6.07) is 2.05. The molecule has 0 spiro atoms. The molecule has 1 aromatic heterocycles. The van der Waals surface area contributed by atoms with Crippen LogP contribution in [0.15, 0.2) is 17.8 Å². The first-order valence-corrected chi connectivity index (χ1v) is 6.01. The van der Waals surface area contributed by atoms with Crippen molar-refractivity contribution in [2.75, 3.05) is 0 Å². The van der Waals surface area contributed by atoms with E-state index in [0.29, 0.717) is 20.9 Å². The summed E-state index contributed by atoms with van der Waals surface area (Å²) in [6.07, 6.45) is 6.11. The second-order valence-corrected chi connectivity index (χ2v) is 5.85. The number of allylic oxidation sites excluding steroid dienone is 2. The second kappa shape index (κ2) is 3.56. The third kappa shape index (κ3) is 1.72. The number of fused-ring (bicyclic) bond motifs is 1. The van der Waals surface area contributed by atoms with E-state index in [1.54, 1.807) is 12.2 Å². The first kappa shape index (κ1) is 9.44. The van der Waals surface area contributed by atoms with Crippen LogP contribution in [0.5, 0.6) is 0 Å². The van der Waals surface area contributed by atoms with E-state index >= 15 is 0 Å². The molecule has 0 saturated heterocycles. The molecule has 1 aromatic rings. The van der Waals surface area contributed by atoms with Gasteiger partial charge in [0.15, 0.2) is 0 Å². The molecule has 0 atom stereocenters. The van der Waals surface area contributed by atoms with Gasteiger partial charge in [-0.25, -0.2) is 0 Å². The summed E-state index contributed by atoms with van der Waals surface area (Å²) in [7, 11) is 0. The Labute approximate surface area is 87.0 Å². The van der Waals surface area contributed by atoms with Gasteiger partial charge in [-0.2, -0.15) is 0 Å². The van der Waals surface area contributed by atoms with Gasteiger partial charge in [-0.1, -0.05) is 0 Å². The maximum absolute atomic E-state index is 10.6. The Kier molecular flexibility index (Phi) is 2.40. The monoisotopic (exact) mass is 255 g/mol. The molecular weight excluding hydrogens is 245 g/mol. The van der Waals surface area contributed by atoms with E-state index in [2.05, 4.69) is 19.1 Å². The van der Waals surface area contributed by atoms with Crippen LogP contribution in [0.3, 0.4) is 0 Å². The zero-order valence-corrected chi connectivity index (χ0v) is 9.40. The van der Waals surface area contributed by atoms with Crippen molar-refractivity contribution in [1.29, 1.82) is 0 Å². The fraction of sp³-hybridized carbons (Fsp3) is 0.200. The summed E-state index contributed by atoms with van der Waals surface area (Å²) in [5, 5.41) is 11.7. The normalized spacial score (nSPS) is 14.5. The Bertz CT molecular complexity index is 525. The minimum atomic E-state index is -0.321. The molecule has 1 heterocycles. The van der Waals surface area contributed by atoms with Crippen molar-refractivity contribution in [2.24, 2.45) is 0 Å². The average molecular weight is 254 g/mol. The van der Waals surface area contributed by atoms with Crippen LogP contribution in [0, 0.1) is 17.0 Å². The molecule has 0 radical (unpaired) electrons. The third-order valence-electron chi connectivity index (χ3n) is 2.06. The predicted octanol–water partition coefficient (Wildman–Crippen LogP) is 0.177. The number of hydrogen-bond donors (Lipinski definition) is 0. The second-order valence-electron chi connectivity index (χ2n) is 3.15. The van der Waals surface area contributed by atoms with Gasteiger partial charge in [-0.3, -0.25) is 0 Å². The molecule has 2 rings (SSSR count). The van der Waals surface area contributed by atoms with Crippen molar-refractivity contribution < 1.29 is 4.92 Å². The molecule has 0 saturated carbocycles. The molecule has 0 bridgehead atoms. The third-order valence-corrected chi connectivity index (χ3v) is 4.29. The number of nitrogens with zero attached hydrogens (tertiary/aromatic N) is 1. The molecule has 1 aliphatic rings. The standard InChI is InChI=1S/C10H9NO2Se/c1-7-5-8-6-9(11(12)13)3-2-4-10(8)14-7/h3-6H,2H2,1H3. The fourth-order valence-electron chi connectivity index (χ4n) is 1.46. The van der Waals surface area contributed by atoms with Crippen LogP contribution in [0.4, 0.5) is 0 Å². The Morgan fingerprint density at radius 2 is 2.29 bits per heavy atom. The van der Waals surface area contributed by atoms with Crippen molar-refractivity contribution in [3.05, 3.63) is 41.7 Å². The van der Waals surface area contributed by atoms with Crippen LogP contribution in [-0.4, -0.2) is 19.4 Å². The zero-order chi connectivity index (χ0) is 10.1. The van der Waals surface area contributed by atoms with Gasteiger partial charge in [0.1, 0.15) is 0 Å². The van der Waals surface area contributed by atoms with Gasteiger partial charge in [0, 0.05) is 0 Å². The van der Waals surface area contributed by atoms with Crippen molar-refractivity contribution in [2.45, 2.75) is 13.3 Å². The van der Waals surface area contributed by atoms with E-state index in [1.165, 1.54) is 8.53 Å². The number of rotatable bonds is 1. The van der Waals surface area contributed by atoms with E-state index in [9.17, 15) is 10.1 Å². The average Bonchev–Trinajstić information content (AvgIpc) is 2.32. The van der Waals surface area contributed by atoms with Gasteiger partial charge in [0.2, 0.25) is 0 Å². The van der Waals surface area contributed by atoms with Gasteiger partial charge >= 0.3 is 86.6 Å². The maximum atomic E-state index is 10.6. The molecular formula is C10H9NO2Se. The summed E-state index contributed by atoms with van der Waals surface area (Å²) in [4.78, 5) is 10.3. The Balaban J connectivity index is 2.64. The van der Waals surface area contributed by atoms with E-state index < -0.39 is 0 Å². The molecule has 4 heteroatoms. The van der Waals surface area contributed by atoms with E-state index in [4.69, 9.17) is 0 Å². The quantitative estimate of drug-likeness (QED) is 0.407. The molecule has 0 aromatic carbocycles. The van der Waals surface area contributed by atoms with Crippen molar-refractivity contribution in [3.63, 3.8) is 0 Å². The van der Waals surface area contributed by atoms with Crippen molar-refractivity contribution >= 4 is 26.7 Å². The van der Waals surface area contributed by atoms with Crippen LogP contribution in [0.1, 0.15) is 10.9 Å². The molecule has 0 fully saturated rings. The minimum absolute atomic E-state index is 0.216. The fourth-order valence-corrected chi connectivity index (χ4v) is 3.45. The predicted molar refractivity (Wildman–Crippen MR) is 56.0 cm³/mol. The summed E-state index contributed by atoms with van der Waals surface area (Å²) in [6.45, 7) is 2.08. The van der Waals surface area contributed by atoms with Crippen LogP contribution in [0.25, 0.3) is 12.2 Å². The summed E-state index contributed by atoms with van der Waals surface area (Å²) >= 11 is 0.381. The summed E-state index contributed by atoms with van der Waals surface area (Å²) in [5.74, 6) is 0. The Morgan fingerprint density at radius 1 is 1.50 bits per heavy atom. The summed E-state index contributed by atoms with van der Waals surface area (Å²) in [5.41, 5.74) is 0.216. The van der Waals surface area contributed by atoms with Crippen LogP contribution in [-0.2, 0) is 0 Å². The van der Waals surface area contributed by atoms with Crippen molar-refractivity contribution in [1.82, 2.24) is 0 Å².